The molecule has 5 nitrogen and oxygen atoms in total. The lowest BCUT2D eigenvalue weighted by Gasteiger charge is -2.48. The zero-order valence-electron chi connectivity index (χ0n) is 11.4. The number of rotatable bonds is 5. The molecule has 0 aliphatic carbocycles. The van der Waals surface area contributed by atoms with Crippen LogP contribution in [0.15, 0.2) is 6.07 Å². The molecule has 1 saturated heterocycles. The van der Waals surface area contributed by atoms with Crippen molar-refractivity contribution >= 4 is 5.82 Å². The average molecular weight is 250 g/mol. The van der Waals surface area contributed by atoms with Gasteiger partial charge in [-0.3, -0.25) is 0 Å². The van der Waals surface area contributed by atoms with Gasteiger partial charge in [-0.25, -0.2) is 4.98 Å². The first kappa shape index (κ1) is 13.1. The summed E-state index contributed by atoms with van der Waals surface area (Å²) in [6.45, 7) is 8.35. The number of ether oxygens (including phenoxy) is 1. The van der Waals surface area contributed by atoms with Crippen LogP contribution in [0.25, 0.3) is 0 Å². The predicted octanol–water partition coefficient (Wildman–Crippen LogP) is 1.50. The van der Waals surface area contributed by atoms with E-state index in [9.17, 15) is 0 Å². The molecule has 100 valence electrons. The zero-order chi connectivity index (χ0) is 13.2. The summed E-state index contributed by atoms with van der Waals surface area (Å²) in [6.07, 6.45) is 2.18. The fourth-order valence-electron chi connectivity index (χ4n) is 2.44. The van der Waals surface area contributed by atoms with E-state index in [1.54, 1.807) is 0 Å². The summed E-state index contributed by atoms with van der Waals surface area (Å²) in [4.78, 5) is 10.9. The Morgan fingerprint density at radius 3 is 2.72 bits per heavy atom. The van der Waals surface area contributed by atoms with Crippen molar-refractivity contribution in [2.75, 3.05) is 24.6 Å². The summed E-state index contributed by atoms with van der Waals surface area (Å²) >= 11 is 0. The molecule has 0 radical (unpaired) electrons. The van der Waals surface area contributed by atoms with Crippen LogP contribution in [0, 0.1) is 6.92 Å². The highest BCUT2D eigenvalue weighted by atomic mass is 16.5. The highest BCUT2D eigenvalue weighted by Gasteiger charge is 2.39. The van der Waals surface area contributed by atoms with E-state index in [0.717, 1.165) is 37.6 Å². The van der Waals surface area contributed by atoms with Gasteiger partial charge in [-0.05, 0) is 20.3 Å². The zero-order valence-corrected chi connectivity index (χ0v) is 11.4. The van der Waals surface area contributed by atoms with E-state index in [1.165, 1.54) is 0 Å². The van der Waals surface area contributed by atoms with Crippen molar-refractivity contribution in [2.24, 2.45) is 5.73 Å². The van der Waals surface area contributed by atoms with Crippen molar-refractivity contribution in [1.82, 2.24) is 9.97 Å². The SMILES string of the molecule is CCCC1(N)CN(c2cc(OCC)nc(C)n2)C1. The van der Waals surface area contributed by atoms with E-state index >= 15 is 0 Å². The summed E-state index contributed by atoms with van der Waals surface area (Å²) in [5.74, 6) is 2.30. The van der Waals surface area contributed by atoms with Gasteiger partial charge >= 0.3 is 0 Å². The summed E-state index contributed by atoms with van der Waals surface area (Å²) in [5, 5.41) is 0. The standard InChI is InChI=1S/C13H22N4O/c1-4-6-13(14)8-17(9-13)11-7-12(18-5-2)16-10(3)15-11/h7H,4-6,8-9,14H2,1-3H3. The molecule has 1 aliphatic heterocycles. The Balaban J connectivity index is 2.07. The van der Waals surface area contributed by atoms with Crippen molar-refractivity contribution in [1.29, 1.82) is 0 Å². The lowest BCUT2D eigenvalue weighted by Crippen LogP contribution is -2.67. The van der Waals surface area contributed by atoms with Crippen LogP contribution in [0.5, 0.6) is 5.88 Å². The number of nitrogens with zero attached hydrogens (tertiary/aromatic N) is 3. The summed E-state index contributed by atoms with van der Waals surface area (Å²) < 4.78 is 5.44. The van der Waals surface area contributed by atoms with E-state index in [4.69, 9.17) is 10.5 Å². The van der Waals surface area contributed by atoms with Crippen LogP contribution >= 0.6 is 0 Å². The number of anilines is 1. The van der Waals surface area contributed by atoms with E-state index in [1.807, 2.05) is 19.9 Å². The predicted molar refractivity (Wildman–Crippen MR) is 72.0 cm³/mol. The van der Waals surface area contributed by atoms with Gasteiger partial charge in [-0.1, -0.05) is 13.3 Å². The summed E-state index contributed by atoms with van der Waals surface area (Å²) in [7, 11) is 0. The van der Waals surface area contributed by atoms with Crippen LogP contribution < -0.4 is 15.4 Å². The maximum atomic E-state index is 6.26. The largest absolute Gasteiger partial charge is 0.478 e. The highest BCUT2D eigenvalue weighted by molar-refractivity contribution is 5.46. The maximum absolute atomic E-state index is 6.26. The molecule has 2 heterocycles. The minimum atomic E-state index is -0.0423. The van der Waals surface area contributed by atoms with E-state index in [0.29, 0.717) is 12.5 Å². The van der Waals surface area contributed by atoms with Gasteiger partial charge in [0.1, 0.15) is 11.6 Å². The molecule has 5 heteroatoms. The van der Waals surface area contributed by atoms with Crippen molar-refractivity contribution in [3.05, 3.63) is 11.9 Å². The van der Waals surface area contributed by atoms with E-state index < -0.39 is 0 Å². The van der Waals surface area contributed by atoms with Gasteiger partial charge in [0.05, 0.1) is 12.1 Å². The number of aromatic nitrogens is 2. The molecule has 1 aliphatic rings. The third-order valence-electron chi connectivity index (χ3n) is 3.18. The fourth-order valence-corrected chi connectivity index (χ4v) is 2.44. The third kappa shape index (κ3) is 2.72. The topological polar surface area (TPSA) is 64.3 Å². The van der Waals surface area contributed by atoms with E-state index in [2.05, 4.69) is 21.8 Å². The molecule has 1 aromatic rings. The van der Waals surface area contributed by atoms with Crippen LogP contribution in [0.2, 0.25) is 0 Å². The van der Waals surface area contributed by atoms with Crippen LogP contribution in [0.4, 0.5) is 5.82 Å². The molecule has 0 bridgehead atoms. The number of hydrogen-bond acceptors (Lipinski definition) is 5. The van der Waals surface area contributed by atoms with Crippen LogP contribution in [-0.2, 0) is 0 Å². The van der Waals surface area contributed by atoms with Crippen molar-refractivity contribution < 1.29 is 4.74 Å². The normalized spacial score (nSPS) is 17.4. The highest BCUT2D eigenvalue weighted by Crippen LogP contribution is 2.29. The van der Waals surface area contributed by atoms with Gasteiger partial charge in [-0.2, -0.15) is 4.98 Å². The molecule has 0 spiro atoms. The average Bonchev–Trinajstić information content (AvgIpc) is 2.25. The van der Waals surface area contributed by atoms with E-state index in [-0.39, 0.29) is 5.54 Å². The number of nitrogens with two attached hydrogens (primary N) is 1. The molecule has 1 fully saturated rings. The minimum Gasteiger partial charge on any atom is -0.478 e. The Morgan fingerprint density at radius 1 is 1.39 bits per heavy atom. The monoisotopic (exact) mass is 250 g/mol. The second-order valence-corrected chi connectivity index (χ2v) is 5.01. The molecule has 18 heavy (non-hydrogen) atoms. The van der Waals surface area contributed by atoms with Gasteiger partial charge in [0.2, 0.25) is 5.88 Å². The Hall–Kier alpha value is -1.36. The molecule has 1 aromatic heterocycles. The minimum absolute atomic E-state index is 0.0423. The lowest BCUT2D eigenvalue weighted by atomic mass is 9.86. The Kier molecular flexibility index (Phi) is 3.71. The number of hydrogen-bond donors (Lipinski definition) is 1. The molecular weight excluding hydrogens is 228 g/mol. The number of aryl methyl sites for hydroxylation is 1. The molecule has 0 amide bonds. The van der Waals surface area contributed by atoms with Gasteiger partial charge in [0.25, 0.3) is 0 Å². The Morgan fingerprint density at radius 2 is 2.11 bits per heavy atom. The molecule has 2 N–H and O–H groups in total. The second-order valence-electron chi connectivity index (χ2n) is 5.01. The van der Waals surface area contributed by atoms with Gasteiger partial charge in [0, 0.05) is 19.2 Å². The first-order chi connectivity index (χ1) is 8.56. The van der Waals surface area contributed by atoms with Crippen molar-refractivity contribution in [3.63, 3.8) is 0 Å². The third-order valence-corrected chi connectivity index (χ3v) is 3.18. The van der Waals surface area contributed by atoms with Crippen LogP contribution in [0.1, 0.15) is 32.5 Å². The summed E-state index contributed by atoms with van der Waals surface area (Å²) in [5.41, 5.74) is 6.22. The lowest BCUT2D eigenvalue weighted by molar-refractivity contribution is 0.302. The molecule has 0 aromatic carbocycles. The molecule has 0 saturated carbocycles. The molecule has 2 rings (SSSR count). The van der Waals surface area contributed by atoms with Gasteiger partial charge < -0.3 is 15.4 Å². The molecule has 0 unspecified atom stereocenters. The first-order valence-corrected chi connectivity index (χ1v) is 6.58. The Bertz CT molecular complexity index is 415. The smallest absolute Gasteiger partial charge is 0.218 e. The maximum Gasteiger partial charge on any atom is 0.218 e. The second kappa shape index (κ2) is 5.10. The fraction of sp³-hybridized carbons (Fsp3) is 0.692. The quantitative estimate of drug-likeness (QED) is 0.858. The van der Waals surface area contributed by atoms with Crippen LogP contribution in [-0.4, -0.2) is 35.2 Å². The van der Waals surface area contributed by atoms with Crippen molar-refractivity contribution in [3.8, 4) is 5.88 Å². The van der Waals surface area contributed by atoms with Crippen molar-refractivity contribution in [2.45, 2.75) is 39.2 Å². The first-order valence-electron chi connectivity index (χ1n) is 6.58. The summed E-state index contributed by atoms with van der Waals surface area (Å²) in [6, 6.07) is 1.89. The van der Waals surface area contributed by atoms with Gasteiger partial charge in [0.15, 0.2) is 0 Å². The Labute approximate surface area is 108 Å². The van der Waals surface area contributed by atoms with Gasteiger partial charge in [-0.15, -0.1) is 0 Å². The van der Waals surface area contributed by atoms with Crippen LogP contribution in [0.3, 0.4) is 0 Å². The molecular formula is C13H22N4O. The molecule has 0 atom stereocenters.